The topological polar surface area (TPSA) is 47.6 Å². The molecule has 1 atom stereocenters. The number of methoxy groups -OCH3 is 1. The molecule has 1 unspecified atom stereocenters. The lowest BCUT2D eigenvalue weighted by Crippen LogP contribution is -2.37. The molecule has 0 aliphatic carbocycles. The Balaban J connectivity index is 0.000000982. The highest BCUT2D eigenvalue weighted by atomic mass is 31.2. The van der Waals surface area contributed by atoms with E-state index in [2.05, 4.69) is 9.82 Å². The van der Waals surface area contributed by atoms with E-state index in [1.54, 1.807) is 14.2 Å². The summed E-state index contributed by atoms with van der Waals surface area (Å²) in [6.07, 6.45) is 0.893. The number of carbonyl (C=O) groups excluding carboxylic acids is 1. The number of ether oxygens (including phenoxy) is 1. The molecule has 0 heterocycles. The van der Waals surface area contributed by atoms with Gasteiger partial charge in [-0.2, -0.15) is 0 Å². The fraction of sp³-hybridized carbons (Fsp3) is 0.500. The van der Waals surface area contributed by atoms with Crippen LogP contribution in [-0.2, 0) is 9.53 Å². The van der Waals surface area contributed by atoms with Gasteiger partial charge in [0.05, 0.1) is 5.54 Å². The molecule has 1 N–H and O–H groups in total. The number of nitrogens with one attached hydrogen (secondary N) is 1. The Hall–Kier alpha value is -0.960. The molecule has 0 fully saturated rings. The van der Waals surface area contributed by atoms with Crippen molar-refractivity contribution in [3.8, 4) is 5.75 Å². The maximum atomic E-state index is 10.8. The first-order chi connectivity index (χ1) is 8.84. The summed E-state index contributed by atoms with van der Waals surface area (Å²) in [6.45, 7) is 7.64. The molecule has 1 aromatic carbocycles. The first-order valence-electron chi connectivity index (χ1n) is 5.97. The number of benzene rings is 1. The zero-order chi connectivity index (χ0) is 14.9. The lowest BCUT2D eigenvalue weighted by Gasteiger charge is -2.24. The van der Waals surface area contributed by atoms with Gasteiger partial charge in [-0.15, -0.1) is 0 Å². The zero-order valence-electron chi connectivity index (χ0n) is 12.6. The number of aryl methyl sites for hydroxylation is 1. The molecule has 5 heteroatoms. The van der Waals surface area contributed by atoms with Gasteiger partial charge >= 0.3 is 0 Å². The SMILES string of the molecule is COC.Cc1ccc(OP(C)NC(C)(C)C=O)cc1. The van der Waals surface area contributed by atoms with Crippen molar-refractivity contribution in [3.05, 3.63) is 29.8 Å². The minimum Gasteiger partial charge on any atom is -0.458 e. The van der Waals surface area contributed by atoms with Crippen molar-refractivity contribution in [1.29, 1.82) is 0 Å². The highest BCUT2D eigenvalue weighted by Crippen LogP contribution is 2.32. The molecule has 19 heavy (non-hydrogen) atoms. The smallest absolute Gasteiger partial charge is 0.158 e. The Morgan fingerprint density at radius 2 is 1.68 bits per heavy atom. The molecule has 0 aliphatic heterocycles. The quantitative estimate of drug-likeness (QED) is 0.667. The van der Waals surface area contributed by atoms with E-state index in [1.165, 1.54) is 5.56 Å². The second kappa shape index (κ2) is 9.03. The van der Waals surface area contributed by atoms with E-state index in [-0.39, 0.29) is 0 Å². The van der Waals surface area contributed by atoms with E-state index in [0.717, 1.165) is 12.0 Å². The molecule has 0 bridgehead atoms. The van der Waals surface area contributed by atoms with E-state index in [0.29, 0.717) is 0 Å². The average molecular weight is 285 g/mol. The van der Waals surface area contributed by atoms with E-state index in [1.807, 2.05) is 51.7 Å². The fourth-order valence-electron chi connectivity index (χ4n) is 1.21. The predicted molar refractivity (Wildman–Crippen MR) is 80.9 cm³/mol. The molecule has 0 radical (unpaired) electrons. The molecule has 0 spiro atoms. The van der Waals surface area contributed by atoms with Gasteiger partial charge in [0.1, 0.15) is 12.0 Å². The summed E-state index contributed by atoms with van der Waals surface area (Å²) in [6, 6.07) is 7.88. The molecule has 108 valence electrons. The average Bonchev–Trinajstić information content (AvgIpc) is 2.32. The van der Waals surface area contributed by atoms with Gasteiger partial charge < -0.3 is 14.1 Å². The highest BCUT2D eigenvalue weighted by Gasteiger charge is 2.20. The van der Waals surface area contributed by atoms with Crippen molar-refractivity contribution in [2.45, 2.75) is 26.3 Å². The summed E-state index contributed by atoms with van der Waals surface area (Å²) in [5.74, 6) is 0.827. The Morgan fingerprint density at radius 3 is 2.11 bits per heavy atom. The van der Waals surface area contributed by atoms with Crippen molar-refractivity contribution in [2.24, 2.45) is 0 Å². The monoisotopic (exact) mass is 285 g/mol. The van der Waals surface area contributed by atoms with Gasteiger partial charge in [-0.05, 0) is 32.9 Å². The zero-order valence-corrected chi connectivity index (χ0v) is 13.5. The second-order valence-corrected chi connectivity index (χ2v) is 6.16. The summed E-state index contributed by atoms with van der Waals surface area (Å²) in [5, 5.41) is 3.14. The van der Waals surface area contributed by atoms with Gasteiger partial charge in [0.25, 0.3) is 0 Å². The van der Waals surface area contributed by atoms with Crippen LogP contribution in [0.3, 0.4) is 0 Å². The van der Waals surface area contributed by atoms with Crippen LogP contribution in [0.4, 0.5) is 0 Å². The van der Waals surface area contributed by atoms with Crippen LogP contribution in [0.1, 0.15) is 19.4 Å². The van der Waals surface area contributed by atoms with Crippen LogP contribution >= 0.6 is 8.30 Å². The molecule has 4 nitrogen and oxygen atoms in total. The molecule has 0 amide bonds. The van der Waals surface area contributed by atoms with E-state index < -0.39 is 13.8 Å². The van der Waals surface area contributed by atoms with Gasteiger partial charge in [-0.25, -0.2) is 0 Å². The Morgan fingerprint density at radius 1 is 1.21 bits per heavy atom. The first-order valence-corrected chi connectivity index (χ1v) is 7.68. The van der Waals surface area contributed by atoms with Crippen molar-refractivity contribution >= 4 is 14.6 Å². The Bertz CT molecular complexity index is 365. The largest absolute Gasteiger partial charge is 0.458 e. The fourth-order valence-corrected chi connectivity index (χ4v) is 2.56. The van der Waals surface area contributed by atoms with Gasteiger partial charge in [0.2, 0.25) is 0 Å². The van der Waals surface area contributed by atoms with Crippen LogP contribution in [-0.4, -0.2) is 32.7 Å². The van der Waals surface area contributed by atoms with E-state index in [9.17, 15) is 4.79 Å². The van der Waals surface area contributed by atoms with Crippen LogP contribution in [0.25, 0.3) is 0 Å². The van der Waals surface area contributed by atoms with Crippen molar-refractivity contribution in [1.82, 2.24) is 5.09 Å². The molecule has 1 rings (SSSR count). The third kappa shape index (κ3) is 8.71. The van der Waals surface area contributed by atoms with Crippen LogP contribution in [0.2, 0.25) is 0 Å². The van der Waals surface area contributed by atoms with Crippen LogP contribution < -0.4 is 9.61 Å². The molecular weight excluding hydrogens is 261 g/mol. The summed E-state index contributed by atoms with van der Waals surface area (Å²) in [4.78, 5) is 10.8. The molecule has 0 saturated heterocycles. The summed E-state index contributed by atoms with van der Waals surface area (Å²) in [5.41, 5.74) is 0.666. The molecular formula is C14H24NO3P. The third-order valence-corrected chi connectivity index (χ3v) is 3.38. The third-order valence-electron chi connectivity index (χ3n) is 2.00. The molecule has 0 aromatic heterocycles. The number of rotatable bonds is 5. The van der Waals surface area contributed by atoms with Gasteiger partial charge in [0, 0.05) is 20.9 Å². The minimum atomic E-state index is -0.842. The first kappa shape index (κ1) is 18.0. The van der Waals surface area contributed by atoms with Gasteiger partial charge in [-0.1, -0.05) is 17.7 Å². The van der Waals surface area contributed by atoms with Crippen LogP contribution in [0.5, 0.6) is 5.75 Å². The van der Waals surface area contributed by atoms with Crippen molar-refractivity contribution in [2.75, 3.05) is 20.9 Å². The van der Waals surface area contributed by atoms with Gasteiger partial charge in [-0.3, -0.25) is 5.09 Å². The predicted octanol–water partition coefficient (Wildman–Crippen LogP) is 3.15. The number of hydrogen-bond acceptors (Lipinski definition) is 4. The molecule has 1 aromatic rings. The maximum Gasteiger partial charge on any atom is 0.158 e. The van der Waals surface area contributed by atoms with Gasteiger partial charge in [0.15, 0.2) is 8.30 Å². The molecule has 0 aliphatic rings. The summed E-state index contributed by atoms with van der Waals surface area (Å²) < 4.78 is 9.95. The lowest BCUT2D eigenvalue weighted by atomic mass is 10.1. The number of hydrogen-bond donors (Lipinski definition) is 1. The van der Waals surface area contributed by atoms with E-state index in [4.69, 9.17) is 4.52 Å². The summed E-state index contributed by atoms with van der Waals surface area (Å²) >= 11 is 0. The van der Waals surface area contributed by atoms with Crippen molar-refractivity contribution < 1.29 is 14.1 Å². The molecule has 0 saturated carbocycles. The lowest BCUT2D eigenvalue weighted by molar-refractivity contribution is -0.111. The highest BCUT2D eigenvalue weighted by molar-refractivity contribution is 7.50. The van der Waals surface area contributed by atoms with E-state index >= 15 is 0 Å². The number of carbonyl (C=O) groups is 1. The summed E-state index contributed by atoms with van der Waals surface area (Å²) in [7, 11) is 2.41. The maximum absolute atomic E-state index is 10.8. The van der Waals surface area contributed by atoms with Crippen LogP contribution in [0, 0.1) is 6.92 Å². The Labute approximate surface area is 117 Å². The standard InChI is InChI=1S/C12H18NO2P.C2H6O/c1-10-5-7-11(8-6-10)15-16(4)13-12(2,3)9-14;1-3-2/h5-9,13H,1-4H3;1-2H3. The normalized spacial score (nSPS) is 12.1. The second-order valence-electron chi connectivity index (χ2n) is 4.76. The van der Waals surface area contributed by atoms with Crippen LogP contribution in [0.15, 0.2) is 24.3 Å². The number of aldehydes is 1. The van der Waals surface area contributed by atoms with Crippen molar-refractivity contribution in [3.63, 3.8) is 0 Å². The Kier molecular flexibility index (Phi) is 8.57. The minimum absolute atomic E-state index is 0.537.